The molecule has 0 unspecified atom stereocenters. The lowest BCUT2D eigenvalue weighted by atomic mass is 9.88. The summed E-state index contributed by atoms with van der Waals surface area (Å²) in [4.78, 5) is 33.1. The van der Waals surface area contributed by atoms with Gasteiger partial charge in [-0.2, -0.15) is 0 Å². The fraction of sp³-hybridized carbons (Fsp3) is 0.480. The van der Waals surface area contributed by atoms with Crippen LogP contribution in [0.2, 0.25) is 0 Å². The zero-order valence-electron chi connectivity index (χ0n) is 18.4. The normalized spacial score (nSPS) is 26.9. The van der Waals surface area contributed by atoms with Crippen LogP contribution in [0.25, 0.3) is 6.08 Å². The van der Waals surface area contributed by atoms with Crippen molar-refractivity contribution >= 4 is 12.0 Å². The summed E-state index contributed by atoms with van der Waals surface area (Å²) in [5, 5.41) is 13.5. The average molecular weight is 435 g/mol. The molecule has 5 rings (SSSR count). The van der Waals surface area contributed by atoms with E-state index in [4.69, 9.17) is 0 Å². The van der Waals surface area contributed by atoms with E-state index in [0.717, 1.165) is 11.4 Å². The number of aliphatic hydroxyl groups excluding tert-OH is 1. The minimum atomic E-state index is -0.449. The van der Waals surface area contributed by atoms with Crippen LogP contribution in [0.15, 0.2) is 47.4 Å². The van der Waals surface area contributed by atoms with Gasteiger partial charge >= 0.3 is 0 Å². The smallest absolute Gasteiger partial charge is 0.258 e. The third kappa shape index (κ3) is 3.69. The molecule has 2 fully saturated rings. The molecule has 7 heteroatoms. The van der Waals surface area contributed by atoms with Gasteiger partial charge in [-0.3, -0.25) is 19.5 Å². The Balaban J connectivity index is 1.53. The Kier molecular flexibility index (Phi) is 5.69. The first-order valence-corrected chi connectivity index (χ1v) is 11.5. The van der Waals surface area contributed by atoms with Gasteiger partial charge in [0.05, 0.1) is 17.8 Å². The topological polar surface area (TPSA) is 87.5 Å². The number of hydrogen-bond donors (Lipinski definition) is 2. The van der Waals surface area contributed by atoms with E-state index in [1.165, 1.54) is 12.8 Å². The Bertz CT molecular complexity index is 1080. The minimum absolute atomic E-state index is 0.00561. The van der Waals surface area contributed by atoms with Gasteiger partial charge in [-0.15, -0.1) is 0 Å². The molecule has 4 heterocycles. The summed E-state index contributed by atoms with van der Waals surface area (Å²) in [6.45, 7) is 3.51. The van der Waals surface area contributed by atoms with Crippen molar-refractivity contribution in [2.24, 2.45) is 17.8 Å². The lowest BCUT2D eigenvalue weighted by Gasteiger charge is -2.30. The van der Waals surface area contributed by atoms with Crippen LogP contribution < -0.4 is 10.9 Å². The number of hydrogen-bond acceptors (Lipinski definition) is 5. The lowest BCUT2D eigenvalue weighted by molar-refractivity contribution is -0.128. The summed E-state index contributed by atoms with van der Waals surface area (Å²) in [5.74, 6) is 0.308. The molecule has 32 heavy (non-hydrogen) atoms. The summed E-state index contributed by atoms with van der Waals surface area (Å²) in [7, 11) is 0. The van der Waals surface area contributed by atoms with Crippen LogP contribution in [0.1, 0.15) is 42.8 Å². The number of nitrogens with one attached hydrogen (secondary N) is 1. The number of amides is 1. The molecular weight excluding hydrogens is 404 g/mol. The molecular formula is C25H30N4O3. The first-order valence-electron chi connectivity index (χ1n) is 11.5. The number of pyridine rings is 2. The second-order valence-corrected chi connectivity index (χ2v) is 9.21. The predicted molar refractivity (Wildman–Crippen MR) is 122 cm³/mol. The molecule has 1 saturated carbocycles. The maximum Gasteiger partial charge on any atom is 0.258 e. The molecule has 2 aromatic rings. The molecule has 7 nitrogen and oxygen atoms in total. The van der Waals surface area contributed by atoms with Gasteiger partial charge in [0.2, 0.25) is 5.91 Å². The maximum atomic E-state index is 13.3. The Labute approximate surface area is 187 Å². The fourth-order valence-corrected chi connectivity index (χ4v) is 5.46. The van der Waals surface area contributed by atoms with Crippen LogP contribution in [0.5, 0.6) is 0 Å². The van der Waals surface area contributed by atoms with Crippen LogP contribution in [-0.2, 0) is 17.9 Å². The minimum Gasteiger partial charge on any atom is -0.396 e. The second-order valence-electron chi connectivity index (χ2n) is 9.21. The predicted octanol–water partition coefficient (Wildman–Crippen LogP) is 1.97. The molecule has 3 aliphatic rings. The molecule has 0 bridgehead atoms. The molecule has 2 aromatic heterocycles. The number of allylic oxidation sites excluding steroid dienone is 1. The van der Waals surface area contributed by atoms with Crippen molar-refractivity contribution < 1.29 is 9.90 Å². The van der Waals surface area contributed by atoms with E-state index in [9.17, 15) is 14.7 Å². The zero-order valence-corrected chi connectivity index (χ0v) is 18.4. The monoisotopic (exact) mass is 434 g/mol. The average Bonchev–Trinajstić information content (AvgIpc) is 3.48. The molecule has 1 aliphatic carbocycles. The van der Waals surface area contributed by atoms with Gasteiger partial charge in [-0.25, -0.2) is 0 Å². The summed E-state index contributed by atoms with van der Waals surface area (Å²) in [5.41, 5.74) is 2.43. The number of nitrogens with zero attached hydrogens (tertiary/aromatic N) is 3. The number of aromatic nitrogens is 2. The molecule has 1 saturated heterocycles. The molecule has 0 spiro atoms. The van der Waals surface area contributed by atoms with Gasteiger partial charge in [0.25, 0.3) is 5.56 Å². The van der Waals surface area contributed by atoms with E-state index in [1.807, 2.05) is 54.0 Å². The number of carbonyl (C=O) groups is 1. The van der Waals surface area contributed by atoms with Crippen molar-refractivity contribution in [1.82, 2.24) is 19.8 Å². The third-order valence-corrected chi connectivity index (χ3v) is 7.17. The Hall–Kier alpha value is -2.77. The van der Waals surface area contributed by atoms with Crippen molar-refractivity contribution in [3.8, 4) is 0 Å². The van der Waals surface area contributed by atoms with Gasteiger partial charge in [0.15, 0.2) is 0 Å². The highest BCUT2D eigenvalue weighted by Gasteiger charge is 2.55. The van der Waals surface area contributed by atoms with Gasteiger partial charge in [-0.1, -0.05) is 18.2 Å². The van der Waals surface area contributed by atoms with Crippen molar-refractivity contribution in [1.29, 1.82) is 0 Å². The molecule has 0 aromatic carbocycles. The molecule has 4 atom stereocenters. The van der Waals surface area contributed by atoms with Gasteiger partial charge in [0, 0.05) is 55.5 Å². The van der Waals surface area contributed by atoms with E-state index in [1.54, 1.807) is 6.20 Å². The number of aliphatic hydroxyl groups is 1. The number of rotatable bonds is 7. The fourth-order valence-electron chi connectivity index (χ4n) is 5.46. The van der Waals surface area contributed by atoms with Crippen LogP contribution in [0.3, 0.4) is 0 Å². The van der Waals surface area contributed by atoms with Crippen molar-refractivity contribution in [3.05, 3.63) is 69.9 Å². The molecule has 2 aliphatic heterocycles. The standard InChI is InChI=1S/C25H30N4O3/c1-2-5-17-9-10-21-22-19(14-28(21)25(17)32)20(15-30)23(24(31)27-12-16-7-8-16)29(22)13-18-6-3-4-11-26-18/h2-6,9-11,16,19-20,22-23,30H,7-8,12-15H2,1H3,(H,27,31)/b5-2-/t19-,20-,22+,23-/m1/s1. The van der Waals surface area contributed by atoms with Crippen molar-refractivity contribution in [2.75, 3.05) is 13.2 Å². The van der Waals surface area contributed by atoms with Crippen LogP contribution in [-0.4, -0.2) is 44.7 Å². The zero-order chi connectivity index (χ0) is 22.2. The number of fused-ring (bicyclic) bond motifs is 3. The highest BCUT2D eigenvalue weighted by atomic mass is 16.3. The van der Waals surface area contributed by atoms with Gasteiger partial charge in [-0.05, 0) is 49.9 Å². The van der Waals surface area contributed by atoms with Gasteiger partial charge < -0.3 is 15.0 Å². The van der Waals surface area contributed by atoms with Gasteiger partial charge in [0.1, 0.15) is 0 Å². The molecule has 168 valence electrons. The Morgan fingerprint density at radius 3 is 2.81 bits per heavy atom. The van der Waals surface area contributed by atoms with E-state index in [2.05, 4.69) is 15.2 Å². The highest BCUT2D eigenvalue weighted by molar-refractivity contribution is 5.82. The van der Waals surface area contributed by atoms with Crippen LogP contribution in [0, 0.1) is 17.8 Å². The summed E-state index contributed by atoms with van der Waals surface area (Å²) < 4.78 is 1.83. The maximum absolute atomic E-state index is 13.3. The molecule has 1 amide bonds. The summed E-state index contributed by atoms with van der Waals surface area (Å²) in [6, 6.07) is 9.08. The van der Waals surface area contributed by atoms with Crippen molar-refractivity contribution in [3.63, 3.8) is 0 Å². The Morgan fingerprint density at radius 1 is 1.28 bits per heavy atom. The first-order chi connectivity index (χ1) is 15.6. The molecule has 0 radical (unpaired) electrons. The lowest BCUT2D eigenvalue weighted by Crippen LogP contribution is -2.48. The first kappa shape index (κ1) is 21.1. The summed E-state index contributed by atoms with van der Waals surface area (Å²) in [6.07, 6.45) is 7.78. The van der Waals surface area contributed by atoms with E-state index in [-0.39, 0.29) is 36.0 Å². The van der Waals surface area contributed by atoms with E-state index < -0.39 is 6.04 Å². The second kappa shape index (κ2) is 8.64. The largest absolute Gasteiger partial charge is 0.396 e. The SMILES string of the molecule is C/C=C\c1ccc2n(c1=O)C[C@@H]1[C@@H](CO)[C@H](C(=O)NCC3CC3)N(Cc3ccccn3)[C@H]21. The number of carbonyl (C=O) groups excluding carboxylic acids is 1. The van der Waals surface area contributed by atoms with Crippen LogP contribution >= 0.6 is 0 Å². The van der Waals surface area contributed by atoms with E-state index >= 15 is 0 Å². The number of likely N-dealkylation sites (tertiary alicyclic amines) is 1. The third-order valence-electron chi connectivity index (χ3n) is 7.17. The van der Waals surface area contributed by atoms with Crippen LogP contribution in [0.4, 0.5) is 0 Å². The highest BCUT2D eigenvalue weighted by Crippen LogP contribution is 2.49. The summed E-state index contributed by atoms with van der Waals surface area (Å²) >= 11 is 0. The Morgan fingerprint density at radius 2 is 2.12 bits per heavy atom. The quantitative estimate of drug-likeness (QED) is 0.696. The molecule has 2 N–H and O–H groups in total. The van der Waals surface area contributed by atoms with E-state index in [0.29, 0.717) is 31.1 Å². The van der Waals surface area contributed by atoms with Crippen molar-refractivity contribution in [2.45, 2.75) is 44.9 Å².